The first-order chi connectivity index (χ1) is 6.22. The summed E-state index contributed by atoms with van der Waals surface area (Å²) in [6.07, 6.45) is 3.21. The molecule has 1 atom stereocenters. The molecule has 0 spiro atoms. The van der Waals surface area contributed by atoms with Gasteiger partial charge in [0.15, 0.2) is 5.38 Å². The highest BCUT2D eigenvalue weighted by Crippen LogP contribution is 2.16. The van der Waals surface area contributed by atoms with Gasteiger partial charge in [-0.05, 0) is 22.0 Å². The van der Waals surface area contributed by atoms with Gasteiger partial charge < -0.3 is 4.74 Å². The van der Waals surface area contributed by atoms with Crippen molar-refractivity contribution in [3.8, 4) is 11.8 Å². The number of alkyl halides is 1. The van der Waals surface area contributed by atoms with Crippen LogP contribution in [0.4, 0.5) is 0 Å². The third-order valence-electron chi connectivity index (χ3n) is 1.22. The van der Waals surface area contributed by atoms with E-state index in [4.69, 9.17) is 21.6 Å². The lowest BCUT2D eigenvalue weighted by atomic mass is 10.4. The van der Waals surface area contributed by atoms with Gasteiger partial charge in [-0.3, -0.25) is 4.98 Å². The van der Waals surface area contributed by atoms with Crippen LogP contribution < -0.4 is 4.74 Å². The Hall–Kier alpha value is -0.790. The summed E-state index contributed by atoms with van der Waals surface area (Å²) in [4.78, 5) is 3.89. The zero-order valence-electron chi connectivity index (χ0n) is 6.58. The molecule has 0 saturated carbocycles. The Kier molecular flexibility index (Phi) is 4.00. The maximum absolute atomic E-state index is 8.38. The molecule has 0 aliphatic heterocycles. The molecule has 68 valence electrons. The highest BCUT2D eigenvalue weighted by molar-refractivity contribution is 9.10. The molecule has 1 aromatic heterocycles. The van der Waals surface area contributed by atoms with E-state index in [2.05, 4.69) is 20.9 Å². The quantitative estimate of drug-likeness (QED) is 0.785. The molecule has 0 bridgehead atoms. The monoisotopic (exact) mass is 260 g/mol. The van der Waals surface area contributed by atoms with Crippen LogP contribution in [0, 0.1) is 11.3 Å². The summed E-state index contributed by atoms with van der Waals surface area (Å²) in [5, 5.41) is 7.75. The highest BCUT2D eigenvalue weighted by Gasteiger charge is 2.03. The fraction of sp³-hybridized carbons (Fsp3) is 0.250. The van der Waals surface area contributed by atoms with E-state index >= 15 is 0 Å². The van der Waals surface area contributed by atoms with Crippen molar-refractivity contribution in [2.24, 2.45) is 0 Å². The van der Waals surface area contributed by atoms with Crippen molar-refractivity contribution in [2.75, 3.05) is 6.61 Å². The smallest absolute Gasteiger partial charge is 0.154 e. The molecule has 13 heavy (non-hydrogen) atoms. The molecule has 1 rings (SSSR count). The van der Waals surface area contributed by atoms with Gasteiger partial charge in [-0.15, -0.1) is 11.6 Å². The Morgan fingerprint density at radius 2 is 2.46 bits per heavy atom. The maximum atomic E-state index is 8.38. The summed E-state index contributed by atoms with van der Waals surface area (Å²) in [6, 6.07) is 3.62. The normalized spacial score (nSPS) is 11.8. The first-order valence-corrected chi connectivity index (χ1v) is 4.72. The van der Waals surface area contributed by atoms with Gasteiger partial charge in [0.1, 0.15) is 12.4 Å². The van der Waals surface area contributed by atoms with Gasteiger partial charge in [0.2, 0.25) is 0 Å². The fourth-order valence-electron chi connectivity index (χ4n) is 0.678. The predicted molar refractivity (Wildman–Crippen MR) is 52.7 cm³/mol. The molecular weight excluding hydrogens is 255 g/mol. The lowest BCUT2D eigenvalue weighted by Crippen LogP contribution is -2.09. The first-order valence-electron chi connectivity index (χ1n) is 3.49. The van der Waals surface area contributed by atoms with Crippen molar-refractivity contribution in [2.45, 2.75) is 5.38 Å². The summed E-state index contributed by atoms with van der Waals surface area (Å²) in [5.74, 6) is 0.593. The van der Waals surface area contributed by atoms with E-state index < -0.39 is 5.38 Å². The first kappa shape index (κ1) is 10.3. The average molecular weight is 262 g/mol. The number of nitriles is 1. The minimum Gasteiger partial charge on any atom is -0.489 e. The van der Waals surface area contributed by atoms with Gasteiger partial charge in [-0.25, -0.2) is 0 Å². The molecule has 0 aliphatic rings. The molecule has 0 amide bonds. The Labute approximate surface area is 89.4 Å². The van der Waals surface area contributed by atoms with E-state index in [1.165, 1.54) is 0 Å². The molecule has 1 heterocycles. The van der Waals surface area contributed by atoms with Gasteiger partial charge in [0, 0.05) is 10.7 Å². The van der Waals surface area contributed by atoms with E-state index in [1.807, 2.05) is 6.07 Å². The molecule has 0 radical (unpaired) electrons. The molecule has 1 aromatic rings. The Balaban J connectivity index is 2.51. The van der Waals surface area contributed by atoms with Crippen LogP contribution in [0.5, 0.6) is 5.75 Å². The number of ether oxygens (including phenoxy) is 1. The summed E-state index contributed by atoms with van der Waals surface area (Å²) in [7, 11) is 0. The van der Waals surface area contributed by atoms with Crippen LogP contribution in [0.1, 0.15) is 0 Å². The minimum absolute atomic E-state index is 0.163. The van der Waals surface area contributed by atoms with Gasteiger partial charge in [-0.1, -0.05) is 0 Å². The second-order valence-corrected chi connectivity index (χ2v) is 3.69. The van der Waals surface area contributed by atoms with Crippen LogP contribution in [-0.4, -0.2) is 17.0 Å². The van der Waals surface area contributed by atoms with E-state index in [0.29, 0.717) is 5.75 Å². The van der Waals surface area contributed by atoms with Crippen LogP contribution in [0.25, 0.3) is 0 Å². The standard InChI is InChI=1S/C8H6BrClN2O/c9-6-1-8(4-12-3-6)13-5-7(10)2-11/h1,3-4,7H,5H2. The number of rotatable bonds is 3. The predicted octanol–water partition coefficient (Wildman–Crippen LogP) is 2.35. The molecule has 3 nitrogen and oxygen atoms in total. The molecule has 0 N–H and O–H groups in total. The van der Waals surface area contributed by atoms with Gasteiger partial charge in [0.05, 0.1) is 12.3 Å². The van der Waals surface area contributed by atoms with Crippen molar-refractivity contribution in [1.29, 1.82) is 5.26 Å². The molecule has 1 unspecified atom stereocenters. The van der Waals surface area contributed by atoms with Crippen LogP contribution >= 0.6 is 27.5 Å². The van der Waals surface area contributed by atoms with Crippen molar-refractivity contribution in [3.63, 3.8) is 0 Å². The van der Waals surface area contributed by atoms with E-state index in [9.17, 15) is 0 Å². The second kappa shape index (κ2) is 5.05. The van der Waals surface area contributed by atoms with Crippen LogP contribution in [0.2, 0.25) is 0 Å². The Morgan fingerprint density at radius 1 is 1.69 bits per heavy atom. The maximum Gasteiger partial charge on any atom is 0.154 e. The average Bonchev–Trinajstić information content (AvgIpc) is 2.14. The third-order valence-corrected chi connectivity index (χ3v) is 1.87. The number of nitrogens with zero attached hydrogens (tertiary/aromatic N) is 2. The molecule has 0 aromatic carbocycles. The van der Waals surface area contributed by atoms with Crippen LogP contribution in [-0.2, 0) is 0 Å². The van der Waals surface area contributed by atoms with Crippen molar-refractivity contribution in [1.82, 2.24) is 4.98 Å². The van der Waals surface area contributed by atoms with Crippen LogP contribution in [0.3, 0.4) is 0 Å². The van der Waals surface area contributed by atoms with Crippen molar-refractivity contribution >= 4 is 27.5 Å². The fourth-order valence-corrected chi connectivity index (χ4v) is 1.08. The third kappa shape index (κ3) is 3.62. The summed E-state index contributed by atoms with van der Waals surface area (Å²) in [5.41, 5.74) is 0. The van der Waals surface area contributed by atoms with Gasteiger partial charge >= 0.3 is 0 Å². The molecule has 0 aliphatic carbocycles. The molecule has 0 saturated heterocycles. The summed E-state index contributed by atoms with van der Waals surface area (Å²) >= 11 is 8.78. The number of hydrogen-bond acceptors (Lipinski definition) is 3. The Morgan fingerprint density at radius 3 is 3.08 bits per heavy atom. The van der Waals surface area contributed by atoms with Gasteiger partial charge in [0.25, 0.3) is 0 Å². The van der Waals surface area contributed by atoms with E-state index in [1.54, 1.807) is 18.5 Å². The zero-order valence-corrected chi connectivity index (χ0v) is 8.92. The number of pyridine rings is 1. The minimum atomic E-state index is -0.626. The van der Waals surface area contributed by atoms with Crippen molar-refractivity contribution < 1.29 is 4.74 Å². The van der Waals surface area contributed by atoms with Crippen molar-refractivity contribution in [3.05, 3.63) is 22.9 Å². The van der Waals surface area contributed by atoms with E-state index in [0.717, 1.165) is 4.47 Å². The number of halogens is 2. The number of aromatic nitrogens is 1. The zero-order chi connectivity index (χ0) is 9.68. The van der Waals surface area contributed by atoms with Gasteiger partial charge in [-0.2, -0.15) is 5.26 Å². The van der Waals surface area contributed by atoms with Crippen LogP contribution in [0.15, 0.2) is 22.9 Å². The summed E-state index contributed by atoms with van der Waals surface area (Å²) < 4.78 is 6.02. The molecular formula is C8H6BrClN2O. The number of hydrogen-bond donors (Lipinski definition) is 0. The molecule has 5 heteroatoms. The second-order valence-electron chi connectivity index (χ2n) is 2.25. The lowest BCUT2D eigenvalue weighted by molar-refractivity contribution is 0.327. The van der Waals surface area contributed by atoms with E-state index in [-0.39, 0.29) is 6.61 Å². The highest BCUT2D eigenvalue weighted by atomic mass is 79.9. The Bertz CT molecular complexity index is 326. The molecule has 0 fully saturated rings. The SMILES string of the molecule is N#CC(Cl)COc1cncc(Br)c1. The topological polar surface area (TPSA) is 45.9 Å². The largest absolute Gasteiger partial charge is 0.489 e. The lowest BCUT2D eigenvalue weighted by Gasteiger charge is -2.05. The summed E-state index contributed by atoms with van der Waals surface area (Å²) in [6.45, 7) is 0.163.